The van der Waals surface area contributed by atoms with E-state index < -0.39 is 11.6 Å². The number of hydrogen-bond donors (Lipinski definition) is 2. The summed E-state index contributed by atoms with van der Waals surface area (Å²) >= 11 is 0. The molecule has 0 spiro atoms. The zero-order chi connectivity index (χ0) is 10.0. The molecule has 0 unspecified atom stereocenters. The van der Waals surface area contributed by atoms with Gasteiger partial charge in [0.1, 0.15) is 6.33 Å². The number of hydrogen-bond acceptors (Lipinski definition) is 5. The van der Waals surface area contributed by atoms with Crippen LogP contribution < -0.4 is 0 Å². The van der Waals surface area contributed by atoms with Crippen LogP contribution in [0.3, 0.4) is 0 Å². The molecule has 0 radical (unpaired) electrons. The number of carbonyl (C=O) groups excluding carboxylic acids is 1. The van der Waals surface area contributed by atoms with Gasteiger partial charge < -0.3 is 10.2 Å². The van der Waals surface area contributed by atoms with Gasteiger partial charge in [-0.2, -0.15) is 4.98 Å². The predicted molar refractivity (Wildman–Crippen MR) is 44.5 cm³/mol. The maximum Gasteiger partial charge on any atom is 0.258 e. The minimum atomic E-state index is -0.570. The molecule has 0 saturated heterocycles. The highest BCUT2D eigenvalue weighted by Gasteiger charge is 2.19. The molecule has 0 amide bonds. The molecule has 0 fully saturated rings. The smallest absolute Gasteiger partial charge is 0.258 e. The van der Waals surface area contributed by atoms with Gasteiger partial charge in [-0.25, -0.2) is 4.98 Å². The number of rotatable bonds is 2. The lowest BCUT2D eigenvalue weighted by molar-refractivity contribution is 0.0930. The molecular weight excluding hydrogens is 172 g/mol. The van der Waals surface area contributed by atoms with Crippen molar-refractivity contribution in [1.82, 2.24) is 9.97 Å². The Kier molecular flexibility index (Phi) is 2.46. The molecule has 1 aromatic heterocycles. The summed E-state index contributed by atoms with van der Waals surface area (Å²) in [6, 6.07) is 0. The Morgan fingerprint density at radius 3 is 2.54 bits per heavy atom. The highest BCUT2D eigenvalue weighted by molar-refractivity contribution is 5.98. The third-order valence-electron chi connectivity index (χ3n) is 1.56. The lowest BCUT2D eigenvalue weighted by Gasteiger charge is -2.04. The van der Waals surface area contributed by atoms with Crippen molar-refractivity contribution in [3.63, 3.8) is 0 Å². The van der Waals surface area contributed by atoms with Crippen molar-refractivity contribution in [3.05, 3.63) is 12.0 Å². The van der Waals surface area contributed by atoms with Gasteiger partial charge in [-0.3, -0.25) is 4.79 Å². The lowest BCUT2D eigenvalue weighted by Crippen LogP contribution is -2.10. The number of carbonyl (C=O) groups is 1. The maximum absolute atomic E-state index is 11.4. The van der Waals surface area contributed by atoms with Crippen LogP contribution in [0.25, 0.3) is 0 Å². The van der Waals surface area contributed by atoms with Crippen molar-refractivity contribution in [1.29, 1.82) is 0 Å². The Bertz CT molecular complexity index is 336. The first-order valence-corrected chi connectivity index (χ1v) is 3.81. The molecular formula is C8H10N2O3. The summed E-state index contributed by atoms with van der Waals surface area (Å²) in [6.07, 6.45) is 1.03. The second kappa shape index (κ2) is 3.38. The zero-order valence-corrected chi connectivity index (χ0v) is 7.35. The van der Waals surface area contributed by atoms with E-state index in [4.69, 9.17) is 5.11 Å². The third-order valence-corrected chi connectivity index (χ3v) is 1.56. The van der Waals surface area contributed by atoms with Crippen molar-refractivity contribution in [2.75, 3.05) is 0 Å². The number of ketones is 1. The number of nitrogens with zero attached hydrogens (tertiary/aromatic N) is 2. The number of aromatic nitrogens is 2. The fourth-order valence-corrected chi connectivity index (χ4v) is 0.823. The first kappa shape index (κ1) is 9.44. The first-order valence-electron chi connectivity index (χ1n) is 3.81. The SMILES string of the molecule is CC(C)C(=O)c1ncnc(O)c1O. The monoisotopic (exact) mass is 182 g/mol. The van der Waals surface area contributed by atoms with Gasteiger partial charge in [0.05, 0.1) is 0 Å². The van der Waals surface area contributed by atoms with E-state index in [0.29, 0.717) is 0 Å². The van der Waals surface area contributed by atoms with E-state index in [1.54, 1.807) is 13.8 Å². The molecule has 13 heavy (non-hydrogen) atoms. The minimum Gasteiger partial charge on any atom is -0.502 e. The molecule has 0 aliphatic rings. The van der Waals surface area contributed by atoms with Crippen molar-refractivity contribution in [2.45, 2.75) is 13.8 Å². The van der Waals surface area contributed by atoms with Gasteiger partial charge >= 0.3 is 0 Å². The largest absolute Gasteiger partial charge is 0.502 e. The van der Waals surface area contributed by atoms with Gasteiger partial charge in [-0.05, 0) is 0 Å². The standard InChI is InChI=1S/C8H10N2O3/c1-4(2)6(11)5-7(12)8(13)10-3-9-5/h3-4,12H,1-2H3,(H,9,10,13). The summed E-state index contributed by atoms with van der Waals surface area (Å²) in [5, 5.41) is 18.2. The van der Waals surface area contributed by atoms with E-state index in [9.17, 15) is 9.90 Å². The molecule has 5 heteroatoms. The molecule has 1 rings (SSSR count). The minimum absolute atomic E-state index is 0.137. The zero-order valence-electron chi connectivity index (χ0n) is 7.35. The van der Waals surface area contributed by atoms with Crippen LogP contribution >= 0.6 is 0 Å². The molecule has 1 heterocycles. The van der Waals surface area contributed by atoms with Gasteiger partial charge in [0.15, 0.2) is 11.5 Å². The van der Waals surface area contributed by atoms with Crippen LogP contribution in [0.15, 0.2) is 6.33 Å². The molecule has 0 saturated carbocycles. The highest BCUT2D eigenvalue weighted by Crippen LogP contribution is 2.25. The lowest BCUT2D eigenvalue weighted by atomic mass is 10.1. The molecule has 0 atom stereocenters. The summed E-state index contributed by atoms with van der Waals surface area (Å²) in [4.78, 5) is 18.3. The Morgan fingerprint density at radius 1 is 1.38 bits per heavy atom. The second-order valence-electron chi connectivity index (χ2n) is 2.91. The highest BCUT2D eigenvalue weighted by atomic mass is 16.3. The van der Waals surface area contributed by atoms with E-state index in [1.807, 2.05) is 0 Å². The van der Waals surface area contributed by atoms with E-state index in [1.165, 1.54) is 0 Å². The van der Waals surface area contributed by atoms with Gasteiger partial charge in [-0.15, -0.1) is 0 Å². The van der Waals surface area contributed by atoms with E-state index in [2.05, 4.69) is 9.97 Å². The van der Waals surface area contributed by atoms with Crippen LogP contribution in [0.2, 0.25) is 0 Å². The van der Waals surface area contributed by atoms with E-state index in [0.717, 1.165) is 6.33 Å². The molecule has 0 bridgehead atoms. The molecule has 2 N–H and O–H groups in total. The van der Waals surface area contributed by atoms with Gasteiger partial charge in [0.2, 0.25) is 5.75 Å². The average Bonchev–Trinajstić information content (AvgIpc) is 2.08. The van der Waals surface area contributed by atoms with Gasteiger partial charge in [0, 0.05) is 5.92 Å². The summed E-state index contributed by atoms with van der Waals surface area (Å²) in [5.74, 6) is -1.73. The van der Waals surface area contributed by atoms with Gasteiger partial charge in [0.25, 0.3) is 5.88 Å². The quantitative estimate of drug-likeness (QED) is 0.658. The van der Waals surface area contributed by atoms with Crippen LogP contribution in [0, 0.1) is 5.92 Å². The number of Topliss-reactive ketones (excluding diaryl/α,β-unsaturated/α-hetero) is 1. The Balaban J connectivity index is 3.15. The van der Waals surface area contributed by atoms with Crippen LogP contribution in [-0.4, -0.2) is 26.0 Å². The molecule has 0 aliphatic carbocycles. The van der Waals surface area contributed by atoms with Crippen LogP contribution in [0.5, 0.6) is 11.6 Å². The topological polar surface area (TPSA) is 83.3 Å². The van der Waals surface area contributed by atoms with E-state index >= 15 is 0 Å². The molecule has 0 aromatic carbocycles. The third kappa shape index (κ3) is 1.74. The predicted octanol–water partition coefficient (Wildman–Crippen LogP) is 0.726. The fraction of sp³-hybridized carbons (Fsp3) is 0.375. The summed E-state index contributed by atoms with van der Waals surface area (Å²) < 4.78 is 0. The summed E-state index contributed by atoms with van der Waals surface area (Å²) in [6.45, 7) is 3.36. The van der Waals surface area contributed by atoms with Gasteiger partial charge in [-0.1, -0.05) is 13.8 Å². The van der Waals surface area contributed by atoms with Crippen LogP contribution in [0.1, 0.15) is 24.3 Å². The van der Waals surface area contributed by atoms with Crippen LogP contribution in [-0.2, 0) is 0 Å². The second-order valence-corrected chi connectivity index (χ2v) is 2.91. The summed E-state index contributed by atoms with van der Waals surface area (Å²) in [7, 11) is 0. The molecule has 1 aromatic rings. The molecule has 0 aliphatic heterocycles. The van der Waals surface area contributed by atoms with Crippen molar-refractivity contribution in [3.8, 4) is 11.6 Å². The Morgan fingerprint density at radius 2 is 2.00 bits per heavy atom. The van der Waals surface area contributed by atoms with Crippen molar-refractivity contribution >= 4 is 5.78 Å². The Labute approximate surface area is 75.1 Å². The molecule has 70 valence electrons. The summed E-state index contributed by atoms with van der Waals surface area (Å²) in [5.41, 5.74) is -0.137. The van der Waals surface area contributed by atoms with Crippen molar-refractivity contribution < 1.29 is 15.0 Å². The normalized spacial score (nSPS) is 10.4. The van der Waals surface area contributed by atoms with Crippen LogP contribution in [0.4, 0.5) is 0 Å². The average molecular weight is 182 g/mol. The maximum atomic E-state index is 11.4. The van der Waals surface area contributed by atoms with Crippen molar-refractivity contribution in [2.24, 2.45) is 5.92 Å². The first-order chi connectivity index (χ1) is 6.04. The Hall–Kier alpha value is -1.65. The van der Waals surface area contributed by atoms with E-state index in [-0.39, 0.29) is 17.4 Å². The fourth-order valence-electron chi connectivity index (χ4n) is 0.823. The number of aromatic hydroxyl groups is 2. The molecule has 5 nitrogen and oxygen atoms in total.